The first-order valence-corrected chi connectivity index (χ1v) is 11.0. The van der Waals surface area contributed by atoms with Crippen LogP contribution in [0.2, 0.25) is 0 Å². The van der Waals surface area contributed by atoms with Crippen LogP contribution in [-0.2, 0) is 21.1 Å². The van der Waals surface area contributed by atoms with Crippen LogP contribution in [0.4, 0.5) is 5.69 Å². The van der Waals surface area contributed by atoms with Gasteiger partial charge in [0.1, 0.15) is 0 Å². The SMILES string of the molecule is Cc1nn(C2CCS(=O)(=O)C2)c(C)c1CC(=O)Nc1cccc2ncccc12. The second-order valence-corrected chi connectivity index (χ2v) is 9.48. The molecule has 7 nitrogen and oxygen atoms in total. The lowest BCUT2D eigenvalue weighted by Crippen LogP contribution is -2.17. The number of hydrogen-bond donors (Lipinski definition) is 1. The molecule has 4 rings (SSSR count). The van der Waals surface area contributed by atoms with E-state index in [1.807, 2.05) is 44.2 Å². The normalized spacial score (nSPS) is 18.4. The minimum atomic E-state index is -2.99. The first-order valence-electron chi connectivity index (χ1n) is 9.22. The van der Waals surface area contributed by atoms with Gasteiger partial charge in [-0.1, -0.05) is 6.07 Å². The first-order chi connectivity index (χ1) is 13.3. The van der Waals surface area contributed by atoms with Crippen molar-refractivity contribution < 1.29 is 13.2 Å². The Bertz CT molecular complexity index is 1160. The fourth-order valence-corrected chi connectivity index (χ4v) is 5.54. The third-order valence-corrected chi connectivity index (χ3v) is 7.04. The highest BCUT2D eigenvalue weighted by molar-refractivity contribution is 7.91. The molecule has 3 aromatic rings. The summed E-state index contributed by atoms with van der Waals surface area (Å²) in [6.07, 6.45) is 2.48. The van der Waals surface area contributed by atoms with E-state index in [9.17, 15) is 13.2 Å². The lowest BCUT2D eigenvalue weighted by Gasteiger charge is -2.12. The molecule has 1 amide bonds. The van der Waals surface area contributed by atoms with Crippen molar-refractivity contribution in [3.63, 3.8) is 0 Å². The van der Waals surface area contributed by atoms with E-state index in [1.165, 1.54) is 0 Å². The summed E-state index contributed by atoms with van der Waals surface area (Å²) in [4.78, 5) is 17.0. The maximum absolute atomic E-state index is 12.7. The molecule has 1 unspecified atom stereocenters. The van der Waals surface area contributed by atoms with Crippen LogP contribution >= 0.6 is 0 Å². The number of carbonyl (C=O) groups is 1. The Morgan fingerprint density at radius 3 is 2.82 bits per heavy atom. The molecular weight excluding hydrogens is 376 g/mol. The molecule has 28 heavy (non-hydrogen) atoms. The van der Waals surface area contributed by atoms with E-state index in [4.69, 9.17) is 0 Å². The van der Waals surface area contributed by atoms with Crippen LogP contribution in [-0.4, -0.2) is 40.6 Å². The van der Waals surface area contributed by atoms with Crippen molar-refractivity contribution in [2.24, 2.45) is 0 Å². The van der Waals surface area contributed by atoms with Gasteiger partial charge in [-0.05, 0) is 44.5 Å². The molecule has 1 aliphatic heterocycles. The number of amides is 1. The number of sulfone groups is 1. The molecule has 2 aromatic heterocycles. The Hall–Kier alpha value is -2.74. The van der Waals surface area contributed by atoms with Crippen molar-refractivity contribution in [3.05, 3.63) is 53.5 Å². The van der Waals surface area contributed by atoms with Crippen LogP contribution < -0.4 is 5.32 Å². The maximum atomic E-state index is 12.7. The molecule has 1 aliphatic rings. The Labute approximate surface area is 163 Å². The lowest BCUT2D eigenvalue weighted by atomic mass is 10.1. The summed E-state index contributed by atoms with van der Waals surface area (Å²) in [5.74, 6) is 0.172. The van der Waals surface area contributed by atoms with Gasteiger partial charge in [-0.15, -0.1) is 0 Å². The van der Waals surface area contributed by atoms with E-state index in [0.717, 1.165) is 33.5 Å². The summed E-state index contributed by atoms with van der Waals surface area (Å²) in [6.45, 7) is 3.76. The second-order valence-electron chi connectivity index (χ2n) is 7.25. The smallest absolute Gasteiger partial charge is 0.228 e. The lowest BCUT2D eigenvalue weighted by molar-refractivity contribution is -0.115. The molecule has 0 bridgehead atoms. The van der Waals surface area contributed by atoms with Gasteiger partial charge in [-0.25, -0.2) is 8.42 Å². The molecule has 3 heterocycles. The van der Waals surface area contributed by atoms with Crippen LogP contribution in [0.5, 0.6) is 0 Å². The molecule has 1 aromatic carbocycles. The highest BCUT2D eigenvalue weighted by Crippen LogP contribution is 2.27. The Morgan fingerprint density at radius 2 is 2.07 bits per heavy atom. The fourth-order valence-electron chi connectivity index (χ4n) is 3.84. The number of rotatable bonds is 4. The van der Waals surface area contributed by atoms with Gasteiger partial charge in [0.15, 0.2) is 9.84 Å². The van der Waals surface area contributed by atoms with E-state index < -0.39 is 9.84 Å². The molecule has 0 saturated carbocycles. The van der Waals surface area contributed by atoms with Gasteiger partial charge in [0.25, 0.3) is 0 Å². The number of benzene rings is 1. The van der Waals surface area contributed by atoms with Gasteiger partial charge in [0.2, 0.25) is 5.91 Å². The number of anilines is 1. The largest absolute Gasteiger partial charge is 0.325 e. The zero-order chi connectivity index (χ0) is 19.9. The molecule has 1 N–H and O–H groups in total. The average Bonchev–Trinajstić information content (AvgIpc) is 3.15. The van der Waals surface area contributed by atoms with Crippen molar-refractivity contribution in [3.8, 4) is 0 Å². The fraction of sp³-hybridized carbons (Fsp3) is 0.350. The first kappa shape index (κ1) is 18.6. The van der Waals surface area contributed by atoms with Gasteiger partial charge in [-0.2, -0.15) is 5.10 Å². The van der Waals surface area contributed by atoms with Crippen LogP contribution in [0, 0.1) is 13.8 Å². The number of carbonyl (C=O) groups excluding carboxylic acids is 1. The molecule has 146 valence electrons. The standard InChI is InChI=1S/C20H22N4O3S/c1-13-17(14(2)24(23-13)15-8-10-28(26,27)12-15)11-20(25)22-19-7-3-6-18-16(19)5-4-9-21-18/h3-7,9,15H,8,10-12H2,1-2H3,(H,22,25). The number of pyridine rings is 1. The van der Waals surface area contributed by atoms with E-state index in [0.29, 0.717) is 6.42 Å². The van der Waals surface area contributed by atoms with Crippen molar-refractivity contribution in [1.29, 1.82) is 0 Å². The number of aromatic nitrogens is 3. The van der Waals surface area contributed by atoms with Crippen LogP contribution in [0.15, 0.2) is 36.5 Å². The van der Waals surface area contributed by atoms with Gasteiger partial charge in [-0.3, -0.25) is 14.5 Å². The number of nitrogens with zero attached hydrogens (tertiary/aromatic N) is 3. The van der Waals surface area contributed by atoms with Gasteiger partial charge in [0.05, 0.1) is 40.9 Å². The van der Waals surface area contributed by atoms with Crippen molar-refractivity contribution in [2.45, 2.75) is 32.7 Å². The third-order valence-electron chi connectivity index (χ3n) is 5.29. The van der Waals surface area contributed by atoms with Crippen LogP contribution in [0.25, 0.3) is 10.9 Å². The van der Waals surface area contributed by atoms with E-state index in [-0.39, 0.29) is 29.9 Å². The number of nitrogens with one attached hydrogen (secondary N) is 1. The van der Waals surface area contributed by atoms with Crippen molar-refractivity contribution in [2.75, 3.05) is 16.8 Å². The van der Waals surface area contributed by atoms with Gasteiger partial charge in [0, 0.05) is 22.8 Å². The molecule has 1 fully saturated rings. The zero-order valence-electron chi connectivity index (χ0n) is 15.8. The topological polar surface area (TPSA) is 94.0 Å². The summed E-state index contributed by atoms with van der Waals surface area (Å²) in [6, 6.07) is 9.23. The summed E-state index contributed by atoms with van der Waals surface area (Å²) in [7, 11) is -2.99. The Morgan fingerprint density at radius 1 is 1.25 bits per heavy atom. The Kier molecular flexibility index (Phi) is 4.66. The molecule has 0 radical (unpaired) electrons. The van der Waals surface area contributed by atoms with Gasteiger partial charge >= 0.3 is 0 Å². The van der Waals surface area contributed by atoms with Gasteiger partial charge < -0.3 is 5.32 Å². The highest BCUT2D eigenvalue weighted by atomic mass is 32.2. The minimum absolute atomic E-state index is 0.115. The van der Waals surface area contributed by atoms with Crippen LogP contribution in [0.1, 0.15) is 29.4 Å². The summed E-state index contributed by atoms with van der Waals surface area (Å²) in [5.41, 5.74) is 4.01. The zero-order valence-corrected chi connectivity index (χ0v) is 16.7. The molecular formula is C20H22N4O3S. The summed E-state index contributed by atoms with van der Waals surface area (Å²) < 4.78 is 25.4. The molecule has 0 spiro atoms. The monoisotopic (exact) mass is 398 g/mol. The quantitative estimate of drug-likeness (QED) is 0.729. The van der Waals surface area contributed by atoms with Crippen LogP contribution in [0.3, 0.4) is 0 Å². The van der Waals surface area contributed by atoms with Crippen molar-refractivity contribution >= 4 is 32.3 Å². The summed E-state index contributed by atoms with van der Waals surface area (Å²) in [5, 5.41) is 8.39. The second kappa shape index (κ2) is 7.01. The summed E-state index contributed by atoms with van der Waals surface area (Å²) >= 11 is 0. The van der Waals surface area contributed by atoms with Crippen molar-refractivity contribution in [1.82, 2.24) is 14.8 Å². The predicted octanol–water partition coefficient (Wildman–Crippen LogP) is 2.59. The number of fused-ring (bicyclic) bond motifs is 1. The molecule has 8 heteroatoms. The molecule has 1 atom stereocenters. The number of hydrogen-bond acceptors (Lipinski definition) is 5. The van der Waals surface area contributed by atoms with E-state index >= 15 is 0 Å². The predicted molar refractivity (Wildman–Crippen MR) is 108 cm³/mol. The highest BCUT2D eigenvalue weighted by Gasteiger charge is 2.31. The average molecular weight is 398 g/mol. The van der Waals surface area contributed by atoms with E-state index in [1.54, 1.807) is 10.9 Å². The molecule has 1 saturated heterocycles. The third kappa shape index (κ3) is 3.52. The Balaban J connectivity index is 1.55. The maximum Gasteiger partial charge on any atom is 0.228 e. The van der Waals surface area contributed by atoms with E-state index in [2.05, 4.69) is 15.4 Å². The molecule has 0 aliphatic carbocycles. The minimum Gasteiger partial charge on any atom is -0.325 e. The number of aryl methyl sites for hydroxylation is 1.